The summed E-state index contributed by atoms with van der Waals surface area (Å²) in [4.78, 5) is 14.2. The number of nitrogens with one attached hydrogen (secondary N) is 1. The zero-order valence-corrected chi connectivity index (χ0v) is 13.1. The third-order valence-electron chi connectivity index (χ3n) is 3.98. The average molecular weight is 277 g/mol. The van der Waals surface area contributed by atoms with Crippen molar-refractivity contribution in [1.29, 1.82) is 0 Å². The molecule has 0 bridgehead atoms. The highest BCUT2D eigenvalue weighted by molar-refractivity contribution is 5.86. The van der Waals surface area contributed by atoms with Crippen molar-refractivity contribution in [2.24, 2.45) is 5.73 Å². The van der Waals surface area contributed by atoms with Gasteiger partial charge >= 0.3 is 0 Å². The lowest BCUT2D eigenvalue weighted by Gasteiger charge is -2.31. The van der Waals surface area contributed by atoms with Crippen LogP contribution in [0.25, 0.3) is 0 Å². The fraction of sp³-hybridized carbons (Fsp3) is 0.562. The maximum absolute atomic E-state index is 11.9. The molecule has 0 fully saturated rings. The monoisotopic (exact) mass is 277 g/mol. The largest absolute Gasteiger partial charge is 0.368 e. The van der Waals surface area contributed by atoms with Crippen LogP contribution in [0.15, 0.2) is 24.3 Å². The van der Waals surface area contributed by atoms with Gasteiger partial charge in [-0.25, -0.2) is 0 Å². The second-order valence-electron chi connectivity index (χ2n) is 5.26. The Morgan fingerprint density at radius 3 is 2.40 bits per heavy atom. The lowest BCUT2D eigenvalue weighted by Crippen LogP contribution is -2.52. The van der Waals surface area contributed by atoms with Gasteiger partial charge in [0.05, 0.1) is 0 Å². The summed E-state index contributed by atoms with van der Waals surface area (Å²) < 4.78 is 0. The van der Waals surface area contributed by atoms with Crippen LogP contribution >= 0.6 is 0 Å². The number of hydrogen-bond acceptors (Lipinski definition) is 3. The molecule has 1 unspecified atom stereocenters. The zero-order chi connectivity index (χ0) is 15.2. The molecule has 1 atom stereocenters. The van der Waals surface area contributed by atoms with Gasteiger partial charge in [0.1, 0.15) is 5.54 Å². The molecule has 0 saturated heterocycles. The fourth-order valence-electron chi connectivity index (χ4n) is 2.45. The molecule has 0 aromatic heterocycles. The van der Waals surface area contributed by atoms with E-state index in [9.17, 15) is 4.79 Å². The molecular formula is C16H27N3O. The van der Waals surface area contributed by atoms with Crippen molar-refractivity contribution < 1.29 is 4.79 Å². The minimum absolute atomic E-state index is 0.341. The van der Waals surface area contributed by atoms with Gasteiger partial charge in [0.2, 0.25) is 5.91 Å². The van der Waals surface area contributed by atoms with Crippen LogP contribution in [0.4, 0.5) is 0 Å². The van der Waals surface area contributed by atoms with Crippen LogP contribution in [0.5, 0.6) is 0 Å². The summed E-state index contributed by atoms with van der Waals surface area (Å²) in [5.41, 5.74) is 6.84. The third kappa shape index (κ3) is 3.81. The van der Waals surface area contributed by atoms with E-state index in [1.54, 1.807) is 0 Å². The zero-order valence-electron chi connectivity index (χ0n) is 13.1. The van der Waals surface area contributed by atoms with Gasteiger partial charge in [-0.3, -0.25) is 10.1 Å². The van der Waals surface area contributed by atoms with Gasteiger partial charge in [0.25, 0.3) is 0 Å². The van der Waals surface area contributed by atoms with E-state index in [2.05, 4.69) is 24.1 Å². The first-order valence-corrected chi connectivity index (χ1v) is 7.29. The van der Waals surface area contributed by atoms with Gasteiger partial charge < -0.3 is 10.6 Å². The molecule has 1 aromatic carbocycles. The summed E-state index contributed by atoms with van der Waals surface area (Å²) in [7, 11) is 0. The summed E-state index contributed by atoms with van der Waals surface area (Å²) in [5.74, 6) is -0.341. The summed E-state index contributed by atoms with van der Waals surface area (Å²) in [6.45, 7) is 11.8. The van der Waals surface area contributed by atoms with Crippen molar-refractivity contribution in [2.45, 2.75) is 33.2 Å². The second kappa shape index (κ2) is 7.41. The van der Waals surface area contributed by atoms with Gasteiger partial charge in [0.15, 0.2) is 0 Å². The van der Waals surface area contributed by atoms with E-state index in [0.717, 1.165) is 37.3 Å². The van der Waals surface area contributed by atoms with E-state index >= 15 is 0 Å². The number of amides is 1. The van der Waals surface area contributed by atoms with Crippen molar-refractivity contribution in [3.05, 3.63) is 35.4 Å². The number of benzene rings is 1. The Bertz CT molecular complexity index is 443. The third-order valence-corrected chi connectivity index (χ3v) is 3.98. The molecule has 0 aliphatic heterocycles. The second-order valence-corrected chi connectivity index (χ2v) is 5.26. The van der Waals surface area contributed by atoms with Gasteiger partial charge in [-0.2, -0.15) is 0 Å². The Morgan fingerprint density at radius 2 is 1.90 bits per heavy atom. The molecule has 1 aromatic rings. The number of aryl methyl sites for hydroxylation is 1. The number of hydrogen-bond donors (Lipinski definition) is 2. The molecule has 0 aliphatic carbocycles. The predicted octanol–water partition coefficient (Wildman–Crippen LogP) is 1.63. The molecule has 1 amide bonds. The molecule has 0 heterocycles. The van der Waals surface area contributed by atoms with Crippen LogP contribution in [0.3, 0.4) is 0 Å². The Morgan fingerprint density at radius 1 is 1.30 bits per heavy atom. The van der Waals surface area contributed by atoms with Crippen LogP contribution < -0.4 is 11.1 Å². The standard InChI is InChI=1S/C16H27N3O/c1-5-19(6-2)12-11-18-16(4,15(17)20)14-10-8-7-9-13(14)3/h7-10,18H,5-6,11-12H2,1-4H3,(H2,17,20). The summed E-state index contributed by atoms with van der Waals surface area (Å²) >= 11 is 0. The summed E-state index contributed by atoms with van der Waals surface area (Å²) in [5, 5.41) is 3.34. The molecule has 20 heavy (non-hydrogen) atoms. The quantitative estimate of drug-likeness (QED) is 0.759. The summed E-state index contributed by atoms with van der Waals surface area (Å²) in [6, 6.07) is 7.87. The molecule has 4 heteroatoms. The highest BCUT2D eigenvalue weighted by Gasteiger charge is 2.33. The van der Waals surface area contributed by atoms with Crippen LogP contribution in [-0.2, 0) is 10.3 Å². The molecule has 1 rings (SSSR count). The van der Waals surface area contributed by atoms with E-state index in [1.807, 2.05) is 38.1 Å². The lowest BCUT2D eigenvalue weighted by atomic mass is 9.88. The highest BCUT2D eigenvalue weighted by Crippen LogP contribution is 2.23. The minimum atomic E-state index is -0.821. The van der Waals surface area contributed by atoms with E-state index in [1.165, 1.54) is 0 Å². The topological polar surface area (TPSA) is 58.4 Å². The normalized spacial score (nSPS) is 14.2. The first kappa shape index (κ1) is 16.7. The van der Waals surface area contributed by atoms with Crippen LogP contribution in [0.1, 0.15) is 31.9 Å². The predicted molar refractivity (Wildman–Crippen MR) is 83.5 cm³/mol. The first-order valence-electron chi connectivity index (χ1n) is 7.29. The molecule has 0 saturated carbocycles. The molecule has 0 spiro atoms. The molecule has 112 valence electrons. The Hall–Kier alpha value is -1.39. The van der Waals surface area contributed by atoms with Crippen molar-refractivity contribution in [3.8, 4) is 0 Å². The molecule has 0 radical (unpaired) electrons. The molecule has 0 aliphatic rings. The number of primary amides is 1. The van der Waals surface area contributed by atoms with Crippen LogP contribution in [-0.4, -0.2) is 37.0 Å². The first-order chi connectivity index (χ1) is 9.45. The number of carbonyl (C=O) groups is 1. The highest BCUT2D eigenvalue weighted by atomic mass is 16.1. The molecule has 4 nitrogen and oxygen atoms in total. The van der Waals surface area contributed by atoms with Gasteiger partial charge in [-0.05, 0) is 38.1 Å². The SMILES string of the molecule is CCN(CC)CCNC(C)(C(N)=O)c1ccccc1C. The van der Waals surface area contributed by atoms with E-state index in [0.29, 0.717) is 0 Å². The van der Waals surface area contributed by atoms with Crippen molar-refractivity contribution in [3.63, 3.8) is 0 Å². The number of likely N-dealkylation sites (N-methyl/N-ethyl adjacent to an activating group) is 1. The van der Waals surface area contributed by atoms with Crippen molar-refractivity contribution in [2.75, 3.05) is 26.2 Å². The number of nitrogens with zero attached hydrogens (tertiary/aromatic N) is 1. The Labute approximate surface area is 122 Å². The van der Waals surface area contributed by atoms with Gasteiger partial charge in [0, 0.05) is 13.1 Å². The number of rotatable bonds is 8. The van der Waals surface area contributed by atoms with E-state index in [-0.39, 0.29) is 5.91 Å². The molecular weight excluding hydrogens is 250 g/mol. The fourth-order valence-corrected chi connectivity index (χ4v) is 2.45. The van der Waals surface area contributed by atoms with Gasteiger partial charge in [-0.15, -0.1) is 0 Å². The van der Waals surface area contributed by atoms with Crippen LogP contribution in [0, 0.1) is 6.92 Å². The Kier molecular flexibility index (Phi) is 6.17. The van der Waals surface area contributed by atoms with E-state index in [4.69, 9.17) is 5.73 Å². The number of carbonyl (C=O) groups excluding carboxylic acids is 1. The Balaban J connectivity index is 2.83. The van der Waals surface area contributed by atoms with Crippen molar-refractivity contribution in [1.82, 2.24) is 10.2 Å². The molecule has 3 N–H and O–H groups in total. The smallest absolute Gasteiger partial charge is 0.242 e. The van der Waals surface area contributed by atoms with Crippen LogP contribution in [0.2, 0.25) is 0 Å². The number of nitrogens with two attached hydrogens (primary N) is 1. The minimum Gasteiger partial charge on any atom is -0.368 e. The van der Waals surface area contributed by atoms with Crippen molar-refractivity contribution >= 4 is 5.91 Å². The summed E-state index contributed by atoms with van der Waals surface area (Å²) in [6.07, 6.45) is 0. The average Bonchev–Trinajstić information content (AvgIpc) is 2.43. The maximum Gasteiger partial charge on any atom is 0.242 e. The maximum atomic E-state index is 11.9. The lowest BCUT2D eigenvalue weighted by molar-refractivity contribution is -0.124. The van der Waals surface area contributed by atoms with E-state index < -0.39 is 5.54 Å². The van der Waals surface area contributed by atoms with Gasteiger partial charge in [-0.1, -0.05) is 38.1 Å².